The van der Waals surface area contributed by atoms with Crippen molar-refractivity contribution >= 4 is 23.4 Å². The molecule has 7 nitrogen and oxygen atoms in total. The first-order chi connectivity index (χ1) is 14.0. The van der Waals surface area contributed by atoms with E-state index in [2.05, 4.69) is 16.0 Å². The second-order valence-corrected chi connectivity index (χ2v) is 6.59. The molecule has 1 fully saturated rings. The van der Waals surface area contributed by atoms with Crippen LogP contribution in [-0.4, -0.2) is 43.5 Å². The van der Waals surface area contributed by atoms with Gasteiger partial charge < -0.3 is 20.7 Å². The smallest absolute Gasteiger partial charge is 0.255 e. The van der Waals surface area contributed by atoms with Crippen LogP contribution in [0, 0.1) is 5.82 Å². The van der Waals surface area contributed by atoms with Crippen molar-refractivity contribution < 1.29 is 23.5 Å². The fourth-order valence-corrected chi connectivity index (χ4v) is 2.87. The number of anilines is 1. The first-order valence-electron chi connectivity index (χ1n) is 9.37. The maximum absolute atomic E-state index is 12.9. The third-order valence-electron chi connectivity index (χ3n) is 4.44. The average molecular weight is 399 g/mol. The third-order valence-corrected chi connectivity index (χ3v) is 4.44. The Morgan fingerprint density at radius 2 is 1.52 bits per heavy atom. The maximum Gasteiger partial charge on any atom is 0.255 e. The molecule has 1 atom stereocenters. The average Bonchev–Trinajstić information content (AvgIpc) is 3.27. The van der Waals surface area contributed by atoms with Crippen LogP contribution < -0.4 is 16.0 Å². The molecule has 0 spiro atoms. The number of nitrogens with one attached hydrogen (secondary N) is 3. The van der Waals surface area contributed by atoms with Gasteiger partial charge in [-0.15, -0.1) is 0 Å². The monoisotopic (exact) mass is 399 g/mol. The largest absolute Gasteiger partial charge is 0.368 e. The Morgan fingerprint density at radius 1 is 0.897 bits per heavy atom. The van der Waals surface area contributed by atoms with Gasteiger partial charge in [0.2, 0.25) is 5.91 Å². The molecule has 2 aromatic rings. The first kappa shape index (κ1) is 20.5. The van der Waals surface area contributed by atoms with Crippen molar-refractivity contribution in [3.8, 4) is 0 Å². The van der Waals surface area contributed by atoms with Crippen LogP contribution in [0.3, 0.4) is 0 Å². The van der Waals surface area contributed by atoms with E-state index in [9.17, 15) is 18.8 Å². The van der Waals surface area contributed by atoms with Gasteiger partial charge in [0.25, 0.3) is 11.8 Å². The van der Waals surface area contributed by atoms with E-state index in [-0.39, 0.29) is 23.8 Å². The summed E-state index contributed by atoms with van der Waals surface area (Å²) in [5.74, 6) is -1.22. The van der Waals surface area contributed by atoms with E-state index in [4.69, 9.17) is 4.74 Å². The number of amides is 3. The van der Waals surface area contributed by atoms with Gasteiger partial charge in [-0.3, -0.25) is 14.4 Å². The number of ether oxygens (including phenoxy) is 1. The highest BCUT2D eigenvalue weighted by molar-refractivity contribution is 6.04. The van der Waals surface area contributed by atoms with Gasteiger partial charge in [0.05, 0.1) is 0 Å². The van der Waals surface area contributed by atoms with Crippen molar-refractivity contribution in [2.24, 2.45) is 0 Å². The second kappa shape index (κ2) is 9.79. The van der Waals surface area contributed by atoms with E-state index in [0.29, 0.717) is 36.5 Å². The third kappa shape index (κ3) is 5.86. The maximum atomic E-state index is 12.9. The molecule has 1 saturated heterocycles. The van der Waals surface area contributed by atoms with E-state index >= 15 is 0 Å². The molecule has 1 aliphatic heterocycles. The number of benzene rings is 2. The SMILES string of the molecule is O=C(NCCNC(=O)C1CCCO1)c1ccc(NC(=O)c2ccc(F)cc2)cc1. The molecule has 0 aliphatic carbocycles. The number of hydrogen-bond donors (Lipinski definition) is 3. The molecule has 0 aromatic heterocycles. The highest BCUT2D eigenvalue weighted by Gasteiger charge is 2.22. The van der Waals surface area contributed by atoms with Crippen LogP contribution in [0.1, 0.15) is 33.6 Å². The van der Waals surface area contributed by atoms with Crippen LogP contribution in [0.2, 0.25) is 0 Å². The molecule has 152 valence electrons. The Balaban J connectivity index is 1.42. The Bertz CT molecular complexity index is 862. The Labute approximate surface area is 167 Å². The molecule has 0 saturated carbocycles. The minimum absolute atomic E-state index is 0.155. The van der Waals surface area contributed by atoms with Gasteiger partial charge in [-0.1, -0.05) is 0 Å². The number of halogens is 1. The van der Waals surface area contributed by atoms with Crippen LogP contribution in [0.25, 0.3) is 0 Å². The lowest BCUT2D eigenvalue weighted by Crippen LogP contribution is -2.39. The van der Waals surface area contributed by atoms with Crippen molar-refractivity contribution in [3.63, 3.8) is 0 Å². The highest BCUT2D eigenvalue weighted by Crippen LogP contribution is 2.13. The molecule has 1 aliphatic rings. The minimum Gasteiger partial charge on any atom is -0.368 e. The molecule has 8 heteroatoms. The van der Waals surface area contributed by atoms with Crippen molar-refractivity contribution in [2.45, 2.75) is 18.9 Å². The van der Waals surface area contributed by atoms with Gasteiger partial charge in [-0.2, -0.15) is 0 Å². The molecule has 29 heavy (non-hydrogen) atoms. The van der Waals surface area contributed by atoms with Crippen LogP contribution >= 0.6 is 0 Å². The summed E-state index contributed by atoms with van der Waals surface area (Å²) < 4.78 is 18.2. The summed E-state index contributed by atoms with van der Waals surface area (Å²) in [5, 5.41) is 8.13. The molecule has 2 aromatic carbocycles. The van der Waals surface area contributed by atoms with Crippen LogP contribution in [0.4, 0.5) is 10.1 Å². The van der Waals surface area contributed by atoms with Gasteiger partial charge >= 0.3 is 0 Å². The molecule has 1 unspecified atom stereocenters. The first-order valence-corrected chi connectivity index (χ1v) is 9.37. The quantitative estimate of drug-likeness (QED) is 0.622. The number of hydrogen-bond acceptors (Lipinski definition) is 4. The number of carbonyl (C=O) groups is 3. The Morgan fingerprint density at radius 3 is 2.17 bits per heavy atom. The lowest BCUT2D eigenvalue weighted by molar-refractivity contribution is -0.129. The van der Waals surface area contributed by atoms with Crippen LogP contribution in [-0.2, 0) is 9.53 Å². The van der Waals surface area contributed by atoms with Crippen molar-refractivity contribution in [2.75, 3.05) is 25.0 Å². The molecule has 1 heterocycles. The fraction of sp³-hybridized carbons (Fsp3) is 0.286. The Hall–Kier alpha value is -3.26. The molecule has 3 N–H and O–H groups in total. The van der Waals surface area contributed by atoms with E-state index in [0.717, 1.165) is 12.8 Å². The normalized spacial score (nSPS) is 15.6. The van der Waals surface area contributed by atoms with E-state index < -0.39 is 5.82 Å². The summed E-state index contributed by atoms with van der Waals surface area (Å²) in [6, 6.07) is 11.6. The lowest BCUT2D eigenvalue weighted by atomic mass is 10.1. The zero-order valence-electron chi connectivity index (χ0n) is 15.7. The molecular formula is C21H22FN3O4. The molecule has 3 rings (SSSR count). The topological polar surface area (TPSA) is 96.5 Å². The van der Waals surface area contributed by atoms with E-state index in [1.807, 2.05) is 0 Å². The van der Waals surface area contributed by atoms with Crippen molar-refractivity contribution in [3.05, 3.63) is 65.5 Å². The number of rotatable bonds is 7. The molecule has 0 radical (unpaired) electrons. The zero-order chi connectivity index (χ0) is 20.6. The lowest BCUT2D eigenvalue weighted by Gasteiger charge is -2.11. The Kier molecular flexibility index (Phi) is 6.91. The van der Waals surface area contributed by atoms with Gasteiger partial charge in [-0.05, 0) is 61.4 Å². The summed E-state index contributed by atoms with van der Waals surface area (Å²) in [6.45, 7) is 1.21. The summed E-state index contributed by atoms with van der Waals surface area (Å²) in [6.07, 6.45) is 1.22. The summed E-state index contributed by atoms with van der Waals surface area (Å²) >= 11 is 0. The van der Waals surface area contributed by atoms with Crippen LogP contribution in [0.15, 0.2) is 48.5 Å². The van der Waals surface area contributed by atoms with Crippen molar-refractivity contribution in [1.29, 1.82) is 0 Å². The second-order valence-electron chi connectivity index (χ2n) is 6.59. The summed E-state index contributed by atoms with van der Waals surface area (Å²) in [7, 11) is 0. The van der Waals surface area contributed by atoms with E-state index in [1.165, 1.54) is 24.3 Å². The minimum atomic E-state index is -0.414. The molecule has 0 bridgehead atoms. The van der Waals surface area contributed by atoms with Crippen molar-refractivity contribution in [1.82, 2.24) is 10.6 Å². The summed E-state index contributed by atoms with van der Waals surface area (Å²) in [4.78, 5) is 36.1. The van der Waals surface area contributed by atoms with Gasteiger partial charge in [0.15, 0.2) is 0 Å². The van der Waals surface area contributed by atoms with Gasteiger partial charge in [-0.25, -0.2) is 4.39 Å². The predicted molar refractivity (Wildman–Crippen MR) is 105 cm³/mol. The zero-order valence-corrected chi connectivity index (χ0v) is 15.7. The van der Waals surface area contributed by atoms with Gasteiger partial charge in [0, 0.05) is 36.5 Å². The molecule has 3 amide bonds. The fourth-order valence-electron chi connectivity index (χ4n) is 2.87. The van der Waals surface area contributed by atoms with Gasteiger partial charge in [0.1, 0.15) is 11.9 Å². The standard InChI is InChI=1S/C21H22FN3O4/c22-16-7-3-15(4-8-16)20(27)25-17-9-5-14(6-10-17)19(26)23-11-12-24-21(28)18-2-1-13-29-18/h3-10,18H,1-2,11-13H2,(H,23,26)(H,24,28)(H,25,27). The van der Waals surface area contributed by atoms with E-state index in [1.54, 1.807) is 24.3 Å². The highest BCUT2D eigenvalue weighted by atomic mass is 19.1. The number of carbonyl (C=O) groups excluding carboxylic acids is 3. The summed E-state index contributed by atoms with van der Waals surface area (Å²) in [5.41, 5.74) is 1.27. The predicted octanol–water partition coefficient (Wildman–Crippen LogP) is 2.10. The molecular weight excluding hydrogens is 377 g/mol. The van der Waals surface area contributed by atoms with Crippen LogP contribution in [0.5, 0.6) is 0 Å².